The molecule has 0 saturated carbocycles. The van der Waals surface area contributed by atoms with Crippen LogP contribution < -0.4 is 10.1 Å². The number of alkyl halides is 3. The van der Waals surface area contributed by atoms with E-state index in [0.29, 0.717) is 25.3 Å². The van der Waals surface area contributed by atoms with Gasteiger partial charge in [0.1, 0.15) is 5.75 Å². The lowest BCUT2D eigenvalue weighted by atomic mass is 9.87. The number of ether oxygens (including phenoxy) is 2. The number of rotatable bonds is 9. The standard InChI is InChI=1S/C32H33F3N2O3/c1-31(16-5-17-40-31)21-36-30(38)18-27(23-10-12-24(13-11-23)32(33,34)35)28-20-37(29-7-4-3-6-26(28)29)19-22-8-14-25(39-2)15-9-22/h3-4,6-15,20,27H,5,16-19,21H2,1-2H3,(H,36,38)/t27-,31+/m0/s1. The fourth-order valence-electron chi connectivity index (χ4n) is 5.44. The molecular formula is C32H33F3N2O3. The predicted molar refractivity (Wildman–Crippen MR) is 149 cm³/mol. The van der Waals surface area contributed by atoms with Gasteiger partial charge in [-0.2, -0.15) is 13.2 Å². The molecule has 1 saturated heterocycles. The van der Waals surface area contributed by atoms with E-state index in [2.05, 4.69) is 9.88 Å². The summed E-state index contributed by atoms with van der Waals surface area (Å²) in [6.07, 6.45) is -0.497. The van der Waals surface area contributed by atoms with E-state index >= 15 is 0 Å². The van der Waals surface area contributed by atoms with Crippen LogP contribution in [0.5, 0.6) is 5.75 Å². The third-order valence-corrected chi connectivity index (χ3v) is 7.70. The third kappa shape index (κ3) is 6.17. The van der Waals surface area contributed by atoms with E-state index in [1.54, 1.807) is 7.11 Å². The number of para-hydroxylation sites is 1. The lowest BCUT2D eigenvalue weighted by molar-refractivity contribution is -0.137. The third-order valence-electron chi connectivity index (χ3n) is 7.70. The summed E-state index contributed by atoms with van der Waals surface area (Å²) in [7, 11) is 1.62. The number of hydrogen-bond donors (Lipinski definition) is 1. The molecule has 0 aliphatic carbocycles. The number of hydrogen-bond acceptors (Lipinski definition) is 3. The van der Waals surface area contributed by atoms with Crippen molar-refractivity contribution < 1.29 is 27.4 Å². The zero-order valence-electron chi connectivity index (χ0n) is 22.6. The van der Waals surface area contributed by atoms with Gasteiger partial charge in [0.05, 0.1) is 18.3 Å². The van der Waals surface area contributed by atoms with Gasteiger partial charge in [0.25, 0.3) is 0 Å². The molecule has 1 aromatic heterocycles. The van der Waals surface area contributed by atoms with E-state index < -0.39 is 23.3 Å². The maximum absolute atomic E-state index is 13.3. The fraction of sp³-hybridized carbons (Fsp3) is 0.344. The Morgan fingerprint density at radius 3 is 2.45 bits per heavy atom. The van der Waals surface area contributed by atoms with Gasteiger partial charge < -0.3 is 19.4 Å². The number of carbonyl (C=O) groups excluding carboxylic acids is 1. The van der Waals surface area contributed by atoms with Crippen LogP contribution in [0.25, 0.3) is 10.9 Å². The molecule has 0 bridgehead atoms. The Morgan fingerprint density at radius 2 is 1.80 bits per heavy atom. The van der Waals surface area contributed by atoms with Crippen LogP contribution in [-0.4, -0.2) is 36.3 Å². The minimum atomic E-state index is -4.43. The minimum absolute atomic E-state index is 0.0952. The second kappa shape index (κ2) is 11.4. The largest absolute Gasteiger partial charge is 0.497 e. The van der Waals surface area contributed by atoms with Crippen molar-refractivity contribution in [2.24, 2.45) is 0 Å². The Morgan fingerprint density at radius 1 is 1.07 bits per heavy atom. The predicted octanol–water partition coefficient (Wildman–Crippen LogP) is 6.92. The molecule has 0 spiro atoms. The number of nitrogens with zero attached hydrogens (tertiary/aromatic N) is 1. The van der Waals surface area contributed by atoms with Crippen LogP contribution in [-0.2, 0) is 22.3 Å². The van der Waals surface area contributed by atoms with Crippen molar-refractivity contribution in [2.45, 2.75) is 50.4 Å². The second-order valence-electron chi connectivity index (χ2n) is 10.6. The number of methoxy groups -OCH3 is 1. The number of halogens is 3. The van der Waals surface area contributed by atoms with Gasteiger partial charge in [0.15, 0.2) is 0 Å². The van der Waals surface area contributed by atoms with Crippen LogP contribution >= 0.6 is 0 Å². The van der Waals surface area contributed by atoms with Crippen molar-refractivity contribution in [1.29, 1.82) is 0 Å². The summed E-state index contributed by atoms with van der Waals surface area (Å²) in [4.78, 5) is 13.3. The maximum Gasteiger partial charge on any atom is 0.416 e. The van der Waals surface area contributed by atoms with Gasteiger partial charge in [0, 0.05) is 49.1 Å². The molecule has 1 aliphatic heterocycles. The first-order valence-corrected chi connectivity index (χ1v) is 13.4. The zero-order valence-corrected chi connectivity index (χ0v) is 22.6. The summed E-state index contributed by atoms with van der Waals surface area (Å²) in [5.74, 6) is 0.155. The number of fused-ring (bicyclic) bond motifs is 1. The summed E-state index contributed by atoms with van der Waals surface area (Å²) >= 11 is 0. The van der Waals surface area contributed by atoms with E-state index in [-0.39, 0.29) is 12.3 Å². The topological polar surface area (TPSA) is 52.5 Å². The Hall–Kier alpha value is -3.78. The number of benzene rings is 3. The molecule has 1 fully saturated rings. The van der Waals surface area contributed by atoms with Crippen molar-refractivity contribution in [1.82, 2.24) is 9.88 Å². The highest BCUT2D eigenvalue weighted by atomic mass is 19.4. The lowest BCUT2D eigenvalue weighted by Gasteiger charge is -2.24. The molecule has 1 N–H and O–H groups in total. The molecule has 0 unspecified atom stereocenters. The van der Waals surface area contributed by atoms with E-state index in [1.807, 2.05) is 61.7 Å². The Labute approximate surface area is 231 Å². The van der Waals surface area contributed by atoms with Crippen LogP contribution in [0.15, 0.2) is 79.0 Å². The first-order chi connectivity index (χ1) is 19.1. The number of aromatic nitrogens is 1. The van der Waals surface area contributed by atoms with Gasteiger partial charge in [-0.1, -0.05) is 42.5 Å². The smallest absolute Gasteiger partial charge is 0.416 e. The molecule has 8 heteroatoms. The number of amides is 1. The van der Waals surface area contributed by atoms with Gasteiger partial charge in [-0.3, -0.25) is 4.79 Å². The monoisotopic (exact) mass is 550 g/mol. The molecule has 4 aromatic rings. The van der Waals surface area contributed by atoms with Crippen molar-refractivity contribution in [3.05, 3.63) is 101 Å². The molecule has 5 nitrogen and oxygen atoms in total. The average Bonchev–Trinajstić information content (AvgIpc) is 3.55. The summed E-state index contributed by atoms with van der Waals surface area (Å²) in [5.41, 5.74) is 2.49. The maximum atomic E-state index is 13.3. The van der Waals surface area contributed by atoms with Gasteiger partial charge in [-0.15, -0.1) is 0 Å². The zero-order chi connectivity index (χ0) is 28.3. The van der Waals surface area contributed by atoms with Crippen molar-refractivity contribution in [3.63, 3.8) is 0 Å². The van der Waals surface area contributed by atoms with E-state index in [9.17, 15) is 18.0 Å². The first-order valence-electron chi connectivity index (χ1n) is 13.4. The Kier molecular flexibility index (Phi) is 7.90. The van der Waals surface area contributed by atoms with Crippen LogP contribution in [0.1, 0.15) is 54.4 Å². The number of nitrogens with one attached hydrogen (secondary N) is 1. The van der Waals surface area contributed by atoms with E-state index in [1.165, 1.54) is 12.1 Å². The van der Waals surface area contributed by atoms with Crippen LogP contribution in [0.4, 0.5) is 13.2 Å². The average molecular weight is 551 g/mol. The number of carbonyl (C=O) groups is 1. The highest BCUT2D eigenvalue weighted by Crippen LogP contribution is 2.37. The lowest BCUT2D eigenvalue weighted by Crippen LogP contribution is -2.40. The molecule has 3 aromatic carbocycles. The van der Waals surface area contributed by atoms with Gasteiger partial charge in [-0.05, 0) is 66.8 Å². The molecular weight excluding hydrogens is 517 g/mol. The second-order valence-corrected chi connectivity index (χ2v) is 10.6. The van der Waals surface area contributed by atoms with E-state index in [0.717, 1.165) is 52.8 Å². The van der Waals surface area contributed by atoms with Crippen LogP contribution in [0, 0.1) is 0 Å². The quantitative estimate of drug-likeness (QED) is 0.246. The molecule has 2 atom stereocenters. The molecule has 1 amide bonds. The van der Waals surface area contributed by atoms with Crippen LogP contribution in [0.3, 0.4) is 0 Å². The molecule has 40 heavy (non-hydrogen) atoms. The SMILES string of the molecule is COc1ccc(Cn2cc([C@@H](CC(=O)NC[C@@]3(C)CCCO3)c3ccc(C(F)(F)F)cc3)c3ccccc32)cc1. The van der Waals surface area contributed by atoms with Crippen molar-refractivity contribution in [3.8, 4) is 5.75 Å². The first kappa shape index (κ1) is 27.8. The Bertz CT molecular complexity index is 1450. The molecule has 2 heterocycles. The van der Waals surface area contributed by atoms with Gasteiger partial charge >= 0.3 is 6.18 Å². The Balaban J connectivity index is 1.49. The van der Waals surface area contributed by atoms with Gasteiger partial charge in [0.2, 0.25) is 5.91 Å². The minimum Gasteiger partial charge on any atom is -0.497 e. The highest BCUT2D eigenvalue weighted by Gasteiger charge is 2.32. The van der Waals surface area contributed by atoms with E-state index in [4.69, 9.17) is 9.47 Å². The summed E-state index contributed by atoms with van der Waals surface area (Å²) in [5, 5.41) is 3.97. The molecule has 5 rings (SSSR count). The molecule has 210 valence electrons. The van der Waals surface area contributed by atoms with Crippen LogP contribution in [0.2, 0.25) is 0 Å². The van der Waals surface area contributed by atoms with Gasteiger partial charge in [-0.25, -0.2) is 0 Å². The van der Waals surface area contributed by atoms with Crippen molar-refractivity contribution >= 4 is 16.8 Å². The van der Waals surface area contributed by atoms with Crippen molar-refractivity contribution in [2.75, 3.05) is 20.3 Å². The highest BCUT2D eigenvalue weighted by molar-refractivity contribution is 5.87. The molecule has 1 aliphatic rings. The summed E-state index contributed by atoms with van der Waals surface area (Å²) in [6.45, 7) is 3.64. The fourth-order valence-corrected chi connectivity index (χ4v) is 5.44. The normalized spacial score (nSPS) is 18.1. The molecule has 0 radical (unpaired) electrons. The summed E-state index contributed by atoms with van der Waals surface area (Å²) < 4.78 is 53.2. The summed E-state index contributed by atoms with van der Waals surface area (Å²) in [6, 6.07) is 20.9.